The van der Waals surface area contributed by atoms with Crippen molar-refractivity contribution >= 4 is 0 Å². The van der Waals surface area contributed by atoms with E-state index in [4.69, 9.17) is 0 Å². The number of benzene rings is 2. The number of aromatic hydroxyl groups is 1. The van der Waals surface area contributed by atoms with Gasteiger partial charge in [-0.3, -0.25) is 0 Å². The van der Waals surface area contributed by atoms with Gasteiger partial charge in [0.05, 0.1) is 19.1 Å². The van der Waals surface area contributed by atoms with Crippen LogP contribution in [0.25, 0.3) is 0 Å². The Hall–Kier alpha value is -1.80. The molecule has 136 valence electrons. The summed E-state index contributed by atoms with van der Waals surface area (Å²) in [6.45, 7) is 11.4. The molecule has 0 bridgehead atoms. The maximum absolute atomic E-state index is 10.2. The van der Waals surface area contributed by atoms with Crippen LogP contribution in [0.15, 0.2) is 48.5 Å². The molecule has 2 nitrogen and oxygen atoms in total. The molecule has 0 aliphatic carbocycles. The lowest BCUT2D eigenvalue weighted by Crippen LogP contribution is -2.56. The van der Waals surface area contributed by atoms with Crippen molar-refractivity contribution in [3.63, 3.8) is 0 Å². The first-order valence-corrected chi connectivity index (χ1v) is 9.45. The average molecular weight is 341 g/mol. The van der Waals surface area contributed by atoms with Crippen LogP contribution in [0.4, 0.5) is 0 Å². The van der Waals surface area contributed by atoms with Crippen molar-refractivity contribution in [3.05, 3.63) is 65.2 Å². The molecular formula is C23H34NO+. The third-order valence-corrected chi connectivity index (χ3v) is 6.00. The Kier molecular flexibility index (Phi) is 6.29. The molecule has 0 aliphatic heterocycles. The Morgan fingerprint density at radius 2 is 1.52 bits per heavy atom. The zero-order chi connectivity index (χ0) is 18.6. The van der Waals surface area contributed by atoms with E-state index >= 15 is 0 Å². The highest BCUT2D eigenvalue weighted by Gasteiger charge is 2.39. The van der Waals surface area contributed by atoms with Gasteiger partial charge in [-0.1, -0.05) is 48.0 Å². The van der Waals surface area contributed by atoms with E-state index in [1.54, 1.807) is 0 Å². The van der Waals surface area contributed by atoms with Crippen LogP contribution in [-0.4, -0.2) is 28.7 Å². The lowest BCUT2D eigenvalue weighted by molar-refractivity contribution is -0.977. The van der Waals surface area contributed by atoms with Crippen LogP contribution in [0.2, 0.25) is 0 Å². The van der Waals surface area contributed by atoms with Crippen LogP contribution < -0.4 is 0 Å². The molecule has 0 radical (unpaired) electrons. The molecule has 0 aliphatic rings. The van der Waals surface area contributed by atoms with Gasteiger partial charge in [0.2, 0.25) is 0 Å². The quantitative estimate of drug-likeness (QED) is 0.647. The van der Waals surface area contributed by atoms with Crippen molar-refractivity contribution in [2.24, 2.45) is 0 Å². The van der Waals surface area contributed by atoms with E-state index in [0.29, 0.717) is 23.9 Å². The van der Waals surface area contributed by atoms with Gasteiger partial charge in [0.1, 0.15) is 11.8 Å². The van der Waals surface area contributed by atoms with E-state index in [1.807, 2.05) is 12.1 Å². The summed E-state index contributed by atoms with van der Waals surface area (Å²) in [6.07, 6.45) is 1.91. The molecule has 0 aromatic heterocycles. The van der Waals surface area contributed by atoms with E-state index in [9.17, 15) is 5.11 Å². The van der Waals surface area contributed by atoms with Gasteiger partial charge >= 0.3 is 0 Å². The molecule has 1 N–H and O–H groups in total. The minimum atomic E-state index is 0.404. The molecule has 1 atom stereocenters. The number of hydrogen-bond acceptors (Lipinski definition) is 1. The van der Waals surface area contributed by atoms with Crippen LogP contribution >= 0.6 is 0 Å². The average Bonchev–Trinajstić information content (AvgIpc) is 2.58. The molecule has 2 rings (SSSR count). The highest BCUT2D eigenvalue weighted by atomic mass is 16.3. The van der Waals surface area contributed by atoms with Crippen molar-refractivity contribution in [2.75, 3.05) is 7.05 Å². The summed E-state index contributed by atoms with van der Waals surface area (Å²) in [5, 5.41) is 10.2. The summed E-state index contributed by atoms with van der Waals surface area (Å²) in [6, 6.07) is 18.2. The summed E-state index contributed by atoms with van der Waals surface area (Å²) < 4.78 is 0.997. The van der Waals surface area contributed by atoms with Gasteiger partial charge < -0.3 is 9.59 Å². The van der Waals surface area contributed by atoms with Crippen molar-refractivity contribution in [3.8, 4) is 5.75 Å². The number of hydrogen-bond donors (Lipinski definition) is 1. The molecule has 0 heterocycles. The van der Waals surface area contributed by atoms with Crippen LogP contribution in [-0.2, 0) is 6.42 Å². The van der Waals surface area contributed by atoms with Gasteiger partial charge in [-0.25, -0.2) is 0 Å². The standard InChI is InChI=1S/C23H33NO/c1-17(2)24(6,18(3)4)22(20-10-8-7-9-11-20)14-13-21-16-19(5)12-15-23(21)25/h7-12,15-18,22H,13-14H2,1-6H3/p+1. The number of quaternary nitrogens is 1. The molecule has 25 heavy (non-hydrogen) atoms. The fourth-order valence-electron chi connectivity index (χ4n) is 3.96. The second-order valence-electron chi connectivity index (χ2n) is 8.01. The predicted octanol–water partition coefficient (Wildman–Crippen LogP) is 5.64. The molecule has 0 saturated carbocycles. The van der Waals surface area contributed by atoms with Crippen molar-refractivity contribution in [1.29, 1.82) is 0 Å². The SMILES string of the molecule is Cc1ccc(O)c(CCC(c2ccccc2)[N+](C)(C(C)C)C(C)C)c1. The molecule has 0 fully saturated rings. The van der Waals surface area contributed by atoms with E-state index in [0.717, 1.165) is 22.9 Å². The van der Waals surface area contributed by atoms with Gasteiger partial charge in [-0.05, 0) is 52.7 Å². The van der Waals surface area contributed by atoms with E-state index < -0.39 is 0 Å². The summed E-state index contributed by atoms with van der Waals surface area (Å²) in [5.41, 5.74) is 3.65. The fraction of sp³-hybridized carbons (Fsp3) is 0.478. The second-order valence-corrected chi connectivity index (χ2v) is 8.01. The molecule has 0 spiro atoms. The Balaban J connectivity index is 2.37. The van der Waals surface area contributed by atoms with Crippen molar-refractivity contribution < 1.29 is 9.59 Å². The topological polar surface area (TPSA) is 20.2 Å². The minimum absolute atomic E-state index is 0.404. The van der Waals surface area contributed by atoms with Gasteiger partial charge in [-0.15, -0.1) is 0 Å². The summed E-state index contributed by atoms with van der Waals surface area (Å²) in [4.78, 5) is 0. The molecule has 2 aromatic carbocycles. The zero-order valence-corrected chi connectivity index (χ0v) is 16.7. The molecule has 2 aromatic rings. The lowest BCUT2D eigenvalue weighted by atomic mass is 9.92. The van der Waals surface area contributed by atoms with Crippen LogP contribution in [0.1, 0.15) is 56.8 Å². The van der Waals surface area contributed by atoms with E-state index in [-0.39, 0.29) is 0 Å². The first kappa shape index (κ1) is 19.5. The number of aryl methyl sites for hydroxylation is 2. The Morgan fingerprint density at radius 3 is 2.08 bits per heavy atom. The summed E-state index contributed by atoms with van der Waals surface area (Å²) >= 11 is 0. The monoisotopic (exact) mass is 340 g/mol. The number of rotatable bonds is 7. The predicted molar refractivity (Wildman–Crippen MR) is 107 cm³/mol. The molecule has 2 heteroatoms. The van der Waals surface area contributed by atoms with Gasteiger partial charge in [0, 0.05) is 12.0 Å². The third kappa shape index (κ3) is 4.24. The van der Waals surface area contributed by atoms with E-state index in [2.05, 4.69) is 78.1 Å². The maximum Gasteiger partial charge on any atom is 0.118 e. The molecule has 1 unspecified atom stereocenters. The largest absolute Gasteiger partial charge is 0.508 e. The first-order chi connectivity index (χ1) is 11.8. The number of nitrogens with zero attached hydrogens (tertiary/aromatic N) is 1. The van der Waals surface area contributed by atoms with Gasteiger partial charge in [0.15, 0.2) is 0 Å². The van der Waals surface area contributed by atoms with Crippen LogP contribution in [0.5, 0.6) is 5.75 Å². The third-order valence-electron chi connectivity index (χ3n) is 6.00. The van der Waals surface area contributed by atoms with E-state index in [1.165, 1.54) is 11.1 Å². The molecular weight excluding hydrogens is 306 g/mol. The minimum Gasteiger partial charge on any atom is -0.508 e. The maximum atomic E-state index is 10.2. The van der Waals surface area contributed by atoms with Crippen molar-refractivity contribution in [1.82, 2.24) is 0 Å². The summed E-state index contributed by atoms with van der Waals surface area (Å²) in [5.74, 6) is 0.417. The van der Waals surface area contributed by atoms with Gasteiger partial charge in [-0.2, -0.15) is 0 Å². The normalized spacial score (nSPS) is 13.4. The smallest absolute Gasteiger partial charge is 0.118 e. The summed E-state index contributed by atoms with van der Waals surface area (Å²) in [7, 11) is 2.38. The Bertz CT molecular complexity index is 668. The lowest BCUT2D eigenvalue weighted by Gasteiger charge is -2.48. The number of phenols is 1. The fourth-order valence-corrected chi connectivity index (χ4v) is 3.96. The highest BCUT2D eigenvalue weighted by Crippen LogP contribution is 2.37. The first-order valence-electron chi connectivity index (χ1n) is 9.45. The Morgan fingerprint density at radius 1 is 0.920 bits per heavy atom. The molecule has 0 amide bonds. The number of phenolic OH excluding ortho intramolecular Hbond substituents is 1. The molecule has 0 saturated heterocycles. The highest BCUT2D eigenvalue weighted by molar-refractivity contribution is 5.36. The zero-order valence-electron chi connectivity index (χ0n) is 16.7. The van der Waals surface area contributed by atoms with Crippen LogP contribution in [0, 0.1) is 6.92 Å². The van der Waals surface area contributed by atoms with Crippen LogP contribution in [0.3, 0.4) is 0 Å². The van der Waals surface area contributed by atoms with Crippen molar-refractivity contribution in [2.45, 2.75) is 65.6 Å². The Labute approximate surface area is 153 Å². The van der Waals surface area contributed by atoms with Gasteiger partial charge in [0.25, 0.3) is 0 Å². The second kappa shape index (κ2) is 8.05.